The largest absolute Gasteiger partial charge is 0.368 e. The van der Waals surface area contributed by atoms with Crippen molar-refractivity contribution in [3.8, 4) is 0 Å². The Bertz CT molecular complexity index is 1130. The maximum Gasteiger partial charge on any atom is 0.341 e. The van der Waals surface area contributed by atoms with E-state index in [0.29, 0.717) is 0 Å². The monoisotopic (exact) mass is 472 g/mol. The third kappa shape index (κ3) is 4.75. The van der Waals surface area contributed by atoms with Gasteiger partial charge in [0.05, 0.1) is 15.5 Å². The van der Waals surface area contributed by atoms with E-state index in [9.17, 15) is 25.6 Å². The molecular weight excluding hydrogens is 446 g/mol. The standard InChI is InChI=1S/C21H26F2N2O4S2/c1-21(2,3)16-8-10-17(11-9-16)31(28,29)25-14-12-24(13-15-25)18-6-4-5-7-19(18)30(26,27)20(22)23/h4-11,20H,12-15H2,1-3H3. The van der Waals surface area contributed by atoms with Gasteiger partial charge in [-0.2, -0.15) is 13.1 Å². The third-order valence-electron chi connectivity index (χ3n) is 5.34. The van der Waals surface area contributed by atoms with Crippen LogP contribution in [0.15, 0.2) is 58.3 Å². The summed E-state index contributed by atoms with van der Waals surface area (Å²) < 4.78 is 77.5. The molecule has 1 heterocycles. The Morgan fingerprint density at radius 2 is 1.39 bits per heavy atom. The molecule has 31 heavy (non-hydrogen) atoms. The fourth-order valence-electron chi connectivity index (χ4n) is 3.50. The molecule has 0 radical (unpaired) electrons. The highest BCUT2D eigenvalue weighted by molar-refractivity contribution is 7.91. The number of nitrogens with zero attached hydrogens (tertiary/aromatic N) is 2. The van der Waals surface area contributed by atoms with Crippen molar-refractivity contribution >= 4 is 25.5 Å². The molecule has 3 rings (SSSR count). The molecule has 0 aliphatic carbocycles. The number of anilines is 1. The number of hydrogen-bond donors (Lipinski definition) is 0. The molecule has 2 aromatic carbocycles. The smallest absolute Gasteiger partial charge is 0.341 e. The minimum atomic E-state index is -4.76. The number of sulfone groups is 1. The van der Waals surface area contributed by atoms with Gasteiger partial charge in [0, 0.05) is 26.2 Å². The Balaban J connectivity index is 1.79. The van der Waals surface area contributed by atoms with Gasteiger partial charge in [0.25, 0.3) is 0 Å². The molecule has 0 saturated carbocycles. The number of sulfonamides is 1. The first-order valence-corrected chi connectivity index (χ1v) is 12.8. The fourth-order valence-corrected chi connectivity index (χ4v) is 5.87. The van der Waals surface area contributed by atoms with Crippen molar-refractivity contribution in [1.29, 1.82) is 0 Å². The van der Waals surface area contributed by atoms with Crippen molar-refractivity contribution in [1.82, 2.24) is 4.31 Å². The minimum Gasteiger partial charge on any atom is -0.368 e. The summed E-state index contributed by atoms with van der Waals surface area (Å²) in [6, 6.07) is 12.4. The number of piperazine rings is 1. The molecule has 1 aliphatic rings. The first-order valence-electron chi connectivity index (χ1n) is 9.82. The van der Waals surface area contributed by atoms with Gasteiger partial charge in [0.1, 0.15) is 0 Å². The zero-order chi connectivity index (χ0) is 23.0. The number of hydrogen-bond acceptors (Lipinski definition) is 5. The van der Waals surface area contributed by atoms with E-state index in [1.54, 1.807) is 35.2 Å². The van der Waals surface area contributed by atoms with Gasteiger partial charge >= 0.3 is 5.76 Å². The second-order valence-electron chi connectivity index (χ2n) is 8.44. The van der Waals surface area contributed by atoms with Crippen LogP contribution in [0.25, 0.3) is 0 Å². The SMILES string of the molecule is CC(C)(C)c1ccc(S(=O)(=O)N2CCN(c3ccccc3S(=O)(=O)C(F)F)CC2)cc1. The zero-order valence-corrected chi connectivity index (χ0v) is 19.3. The molecular formula is C21H26F2N2O4S2. The molecule has 0 amide bonds. The highest BCUT2D eigenvalue weighted by atomic mass is 32.2. The van der Waals surface area contributed by atoms with Crippen LogP contribution in [0.4, 0.5) is 14.5 Å². The molecule has 2 aromatic rings. The van der Waals surface area contributed by atoms with Gasteiger partial charge in [-0.15, -0.1) is 0 Å². The van der Waals surface area contributed by atoms with Crippen LogP contribution in [0.1, 0.15) is 26.3 Å². The van der Waals surface area contributed by atoms with Crippen molar-refractivity contribution in [3.05, 3.63) is 54.1 Å². The average molecular weight is 473 g/mol. The molecule has 1 aliphatic heterocycles. The van der Waals surface area contributed by atoms with E-state index >= 15 is 0 Å². The quantitative estimate of drug-likeness (QED) is 0.666. The summed E-state index contributed by atoms with van der Waals surface area (Å²) in [7, 11) is -8.48. The Labute approximate surface area is 182 Å². The van der Waals surface area contributed by atoms with Crippen molar-refractivity contribution < 1.29 is 25.6 Å². The number of rotatable bonds is 5. The van der Waals surface area contributed by atoms with E-state index in [1.807, 2.05) is 20.8 Å². The van der Waals surface area contributed by atoms with Gasteiger partial charge < -0.3 is 4.90 Å². The van der Waals surface area contributed by atoms with Crippen LogP contribution in [0.3, 0.4) is 0 Å². The first kappa shape index (κ1) is 23.6. The maximum absolute atomic E-state index is 13.1. The van der Waals surface area contributed by atoms with Gasteiger partial charge in [-0.05, 0) is 35.2 Å². The van der Waals surface area contributed by atoms with Crippen LogP contribution >= 0.6 is 0 Å². The predicted octanol–water partition coefficient (Wildman–Crippen LogP) is 3.49. The molecule has 6 nitrogen and oxygen atoms in total. The number of alkyl halides is 2. The molecule has 0 aromatic heterocycles. The van der Waals surface area contributed by atoms with Crippen LogP contribution in [0.2, 0.25) is 0 Å². The second kappa shape index (κ2) is 8.48. The molecule has 0 atom stereocenters. The second-order valence-corrected chi connectivity index (χ2v) is 12.3. The number of benzene rings is 2. The van der Waals surface area contributed by atoms with Gasteiger partial charge in [0.2, 0.25) is 19.9 Å². The number of halogens is 2. The van der Waals surface area contributed by atoms with Crippen LogP contribution < -0.4 is 4.90 Å². The zero-order valence-electron chi connectivity index (χ0n) is 17.6. The minimum absolute atomic E-state index is 0.0973. The lowest BCUT2D eigenvalue weighted by atomic mass is 9.87. The van der Waals surface area contributed by atoms with Gasteiger partial charge in [-0.25, -0.2) is 16.8 Å². The fraction of sp³-hybridized carbons (Fsp3) is 0.429. The molecule has 0 unspecified atom stereocenters. The summed E-state index contributed by atoms with van der Waals surface area (Å²) in [6.07, 6.45) is 0. The Morgan fingerprint density at radius 1 is 0.839 bits per heavy atom. The van der Waals surface area contributed by atoms with Crippen LogP contribution in [0, 0.1) is 0 Å². The highest BCUT2D eigenvalue weighted by Crippen LogP contribution is 2.31. The number of para-hydroxylation sites is 1. The van der Waals surface area contributed by atoms with Gasteiger partial charge in [-0.1, -0.05) is 45.0 Å². The van der Waals surface area contributed by atoms with Crippen molar-refractivity contribution in [2.24, 2.45) is 0 Å². The average Bonchev–Trinajstić information content (AvgIpc) is 2.73. The van der Waals surface area contributed by atoms with Crippen molar-refractivity contribution in [3.63, 3.8) is 0 Å². The van der Waals surface area contributed by atoms with E-state index in [2.05, 4.69) is 0 Å². The van der Waals surface area contributed by atoms with Crippen LogP contribution in [-0.2, 0) is 25.3 Å². The Kier molecular flexibility index (Phi) is 6.46. The van der Waals surface area contributed by atoms with Crippen molar-refractivity contribution in [2.45, 2.75) is 41.7 Å². The van der Waals surface area contributed by atoms with Gasteiger partial charge in [-0.3, -0.25) is 0 Å². The molecule has 1 saturated heterocycles. The molecule has 0 N–H and O–H groups in total. The third-order valence-corrected chi connectivity index (χ3v) is 8.68. The molecule has 10 heteroatoms. The van der Waals surface area contributed by atoms with Gasteiger partial charge in [0.15, 0.2) is 0 Å². The lowest BCUT2D eigenvalue weighted by Gasteiger charge is -2.36. The lowest BCUT2D eigenvalue weighted by molar-refractivity contribution is 0.234. The summed E-state index contributed by atoms with van der Waals surface area (Å²) in [6.45, 7) is 6.74. The highest BCUT2D eigenvalue weighted by Gasteiger charge is 2.33. The maximum atomic E-state index is 13.1. The molecule has 0 bridgehead atoms. The molecule has 1 fully saturated rings. The summed E-state index contributed by atoms with van der Waals surface area (Å²) in [4.78, 5) is 1.37. The summed E-state index contributed by atoms with van der Waals surface area (Å²) >= 11 is 0. The van der Waals surface area contributed by atoms with E-state index in [-0.39, 0.29) is 42.2 Å². The Morgan fingerprint density at radius 3 is 1.90 bits per heavy atom. The summed E-state index contributed by atoms with van der Waals surface area (Å²) in [5.41, 5.74) is 1.09. The molecule has 170 valence electrons. The Hall–Kier alpha value is -2.04. The van der Waals surface area contributed by atoms with E-state index in [4.69, 9.17) is 0 Å². The first-order chi connectivity index (χ1) is 14.3. The van der Waals surface area contributed by atoms with Crippen LogP contribution in [-0.4, -0.2) is 53.1 Å². The predicted molar refractivity (Wildman–Crippen MR) is 116 cm³/mol. The summed E-state index contributed by atoms with van der Waals surface area (Å²) in [5.74, 6) is -3.52. The normalized spacial score (nSPS) is 16.6. The lowest BCUT2D eigenvalue weighted by Crippen LogP contribution is -2.49. The topological polar surface area (TPSA) is 74.8 Å². The van der Waals surface area contributed by atoms with E-state index in [0.717, 1.165) is 11.6 Å². The summed E-state index contributed by atoms with van der Waals surface area (Å²) in [5, 5.41) is 0. The molecule has 0 spiro atoms. The van der Waals surface area contributed by atoms with Crippen molar-refractivity contribution in [2.75, 3.05) is 31.1 Å². The van der Waals surface area contributed by atoms with Crippen LogP contribution in [0.5, 0.6) is 0 Å². The van der Waals surface area contributed by atoms with E-state index < -0.39 is 30.5 Å². The van der Waals surface area contributed by atoms with E-state index in [1.165, 1.54) is 16.4 Å².